The number of nitrogens with one attached hydrogen (secondary N) is 1. The summed E-state index contributed by atoms with van der Waals surface area (Å²) in [5.41, 5.74) is 0.492. The third kappa shape index (κ3) is 5.03. The van der Waals surface area contributed by atoms with Gasteiger partial charge in [-0.15, -0.1) is 0 Å². The van der Waals surface area contributed by atoms with Crippen LogP contribution in [0.3, 0.4) is 0 Å². The first kappa shape index (κ1) is 15.7. The molecule has 0 fully saturated rings. The van der Waals surface area contributed by atoms with E-state index in [9.17, 15) is 9.59 Å². The molecule has 1 aromatic rings. The van der Waals surface area contributed by atoms with E-state index in [1.165, 1.54) is 0 Å². The van der Waals surface area contributed by atoms with E-state index in [1.807, 2.05) is 19.9 Å². The van der Waals surface area contributed by atoms with Gasteiger partial charge in [0.1, 0.15) is 6.04 Å². The Morgan fingerprint density at radius 2 is 1.89 bits per heavy atom. The van der Waals surface area contributed by atoms with Crippen LogP contribution < -0.4 is 5.32 Å². The SMILES string of the molecule is CC(C)COC(=O)C(C)NC(=O)c1ccccc1Br. The molecule has 19 heavy (non-hydrogen) atoms. The molecular weight excluding hydrogens is 310 g/mol. The van der Waals surface area contributed by atoms with E-state index in [1.54, 1.807) is 25.1 Å². The number of hydrogen-bond donors (Lipinski definition) is 1. The van der Waals surface area contributed by atoms with E-state index in [0.29, 0.717) is 16.6 Å². The van der Waals surface area contributed by atoms with Gasteiger partial charge >= 0.3 is 5.97 Å². The number of halogens is 1. The quantitative estimate of drug-likeness (QED) is 0.846. The number of benzene rings is 1. The molecule has 5 heteroatoms. The number of ether oxygens (including phenoxy) is 1. The van der Waals surface area contributed by atoms with Crippen molar-refractivity contribution in [3.8, 4) is 0 Å². The highest BCUT2D eigenvalue weighted by molar-refractivity contribution is 9.10. The summed E-state index contributed by atoms with van der Waals surface area (Å²) in [5, 5.41) is 2.62. The zero-order valence-corrected chi connectivity index (χ0v) is 12.9. The van der Waals surface area contributed by atoms with Crippen LogP contribution >= 0.6 is 15.9 Å². The lowest BCUT2D eigenvalue weighted by atomic mass is 10.2. The molecule has 0 aliphatic heterocycles. The molecule has 0 saturated carbocycles. The van der Waals surface area contributed by atoms with Crippen molar-refractivity contribution >= 4 is 27.8 Å². The summed E-state index contributed by atoms with van der Waals surface area (Å²) in [6, 6.07) is 6.38. The normalized spacial score (nSPS) is 12.1. The van der Waals surface area contributed by atoms with Gasteiger partial charge in [0.15, 0.2) is 0 Å². The minimum Gasteiger partial charge on any atom is -0.464 e. The first-order chi connectivity index (χ1) is 8.91. The van der Waals surface area contributed by atoms with Crippen LogP contribution in [-0.4, -0.2) is 24.5 Å². The molecule has 0 heterocycles. The molecule has 1 rings (SSSR count). The number of hydrogen-bond acceptors (Lipinski definition) is 3. The molecule has 0 radical (unpaired) electrons. The van der Waals surface area contributed by atoms with Crippen LogP contribution in [0.1, 0.15) is 31.1 Å². The number of amides is 1. The van der Waals surface area contributed by atoms with E-state index >= 15 is 0 Å². The molecule has 1 amide bonds. The Bertz CT molecular complexity index is 460. The summed E-state index contributed by atoms with van der Waals surface area (Å²) >= 11 is 3.30. The lowest BCUT2D eigenvalue weighted by molar-refractivity contribution is -0.146. The average Bonchev–Trinajstić information content (AvgIpc) is 2.36. The van der Waals surface area contributed by atoms with E-state index in [-0.39, 0.29) is 11.8 Å². The zero-order chi connectivity index (χ0) is 14.4. The summed E-state index contributed by atoms with van der Waals surface area (Å²) < 4.78 is 5.76. The summed E-state index contributed by atoms with van der Waals surface area (Å²) in [6.07, 6.45) is 0. The van der Waals surface area contributed by atoms with E-state index in [0.717, 1.165) is 0 Å². The standard InChI is InChI=1S/C14H18BrNO3/c1-9(2)8-19-14(18)10(3)16-13(17)11-6-4-5-7-12(11)15/h4-7,9-10H,8H2,1-3H3,(H,16,17). The van der Waals surface area contributed by atoms with Crippen molar-refractivity contribution in [3.63, 3.8) is 0 Å². The second-order valence-electron chi connectivity index (χ2n) is 4.70. The van der Waals surface area contributed by atoms with Crippen LogP contribution in [0.15, 0.2) is 28.7 Å². The van der Waals surface area contributed by atoms with Gasteiger partial charge in [-0.1, -0.05) is 26.0 Å². The van der Waals surface area contributed by atoms with Crippen molar-refractivity contribution in [2.75, 3.05) is 6.61 Å². The zero-order valence-electron chi connectivity index (χ0n) is 11.3. The van der Waals surface area contributed by atoms with E-state index in [2.05, 4.69) is 21.2 Å². The van der Waals surface area contributed by atoms with Crippen molar-refractivity contribution in [1.82, 2.24) is 5.32 Å². The predicted octanol–water partition coefficient (Wildman–Crippen LogP) is 2.77. The molecule has 1 aromatic carbocycles. The average molecular weight is 328 g/mol. The Balaban J connectivity index is 2.57. The third-order valence-corrected chi connectivity index (χ3v) is 3.07. The van der Waals surface area contributed by atoms with E-state index in [4.69, 9.17) is 4.74 Å². The fourth-order valence-corrected chi connectivity index (χ4v) is 1.82. The Labute approximate surface area is 121 Å². The van der Waals surface area contributed by atoms with Crippen molar-refractivity contribution < 1.29 is 14.3 Å². The molecule has 0 aliphatic carbocycles. The fourth-order valence-electron chi connectivity index (χ4n) is 1.35. The number of rotatable bonds is 5. The second-order valence-corrected chi connectivity index (χ2v) is 5.55. The number of carbonyl (C=O) groups excluding carboxylic acids is 2. The minimum atomic E-state index is -0.668. The maximum absolute atomic E-state index is 12.0. The lowest BCUT2D eigenvalue weighted by Gasteiger charge is -2.15. The van der Waals surface area contributed by atoms with Crippen LogP contribution in [0, 0.1) is 5.92 Å². The molecule has 0 aliphatic rings. The van der Waals surface area contributed by atoms with Crippen molar-refractivity contribution in [1.29, 1.82) is 0 Å². The van der Waals surface area contributed by atoms with Crippen LogP contribution in [-0.2, 0) is 9.53 Å². The third-order valence-electron chi connectivity index (χ3n) is 2.38. The topological polar surface area (TPSA) is 55.4 Å². The number of carbonyl (C=O) groups is 2. The molecule has 0 bridgehead atoms. The highest BCUT2D eigenvalue weighted by Gasteiger charge is 2.19. The van der Waals surface area contributed by atoms with E-state index < -0.39 is 12.0 Å². The van der Waals surface area contributed by atoms with Crippen LogP contribution in [0.4, 0.5) is 0 Å². The second kappa shape index (κ2) is 7.28. The first-order valence-electron chi connectivity index (χ1n) is 6.14. The molecule has 1 N–H and O–H groups in total. The lowest BCUT2D eigenvalue weighted by Crippen LogP contribution is -2.40. The molecule has 1 atom stereocenters. The van der Waals surface area contributed by atoms with Gasteiger partial charge < -0.3 is 10.1 Å². The maximum Gasteiger partial charge on any atom is 0.328 e. The monoisotopic (exact) mass is 327 g/mol. The summed E-state index contributed by atoms with van der Waals surface area (Å²) in [6.45, 7) is 5.88. The Hall–Kier alpha value is -1.36. The Kier molecular flexibility index (Phi) is 6.02. The Morgan fingerprint density at radius 1 is 1.26 bits per heavy atom. The molecular formula is C14H18BrNO3. The molecule has 0 saturated heterocycles. The first-order valence-corrected chi connectivity index (χ1v) is 6.93. The highest BCUT2D eigenvalue weighted by Crippen LogP contribution is 2.15. The molecule has 104 valence electrons. The minimum absolute atomic E-state index is 0.273. The van der Waals surface area contributed by atoms with Gasteiger partial charge in [-0.05, 0) is 40.9 Å². The van der Waals surface area contributed by atoms with Crippen molar-refractivity contribution in [2.24, 2.45) is 5.92 Å². The largest absolute Gasteiger partial charge is 0.464 e. The molecule has 0 spiro atoms. The summed E-state index contributed by atoms with van der Waals surface area (Å²) in [4.78, 5) is 23.6. The predicted molar refractivity (Wildman–Crippen MR) is 76.9 cm³/mol. The van der Waals surface area contributed by atoms with Crippen LogP contribution in [0.5, 0.6) is 0 Å². The summed E-state index contributed by atoms with van der Waals surface area (Å²) in [7, 11) is 0. The smallest absolute Gasteiger partial charge is 0.328 e. The van der Waals surface area contributed by atoms with Gasteiger partial charge in [-0.2, -0.15) is 0 Å². The van der Waals surface area contributed by atoms with Gasteiger partial charge in [0.25, 0.3) is 5.91 Å². The van der Waals surface area contributed by atoms with Gasteiger partial charge in [0.2, 0.25) is 0 Å². The van der Waals surface area contributed by atoms with Gasteiger partial charge in [-0.25, -0.2) is 4.79 Å². The van der Waals surface area contributed by atoms with Gasteiger partial charge in [0, 0.05) is 4.47 Å². The molecule has 1 unspecified atom stereocenters. The summed E-state index contributed by atoms with van der Waals surface area (Å²) in [5.74, 6) is -0.453. The fraction of sp³-hybridized carbons (Fsp3) is 0.429. The Morgan fingerprint density at radius 3 is 2.47 bits per heavy atom. The highest BCUT2D eigenvalue weighted by atomic mass is 79.9. The van der Waals surface area contributed by atoms with Crippen LogP contribution in [0.25, 0.3) is 0 Å². The number of esters is 1. The van der Waals surface area contributed by atoms with Gasteiger partial charge in [-0.3, -0.25) is 4.79 Å². The van der Waals surface area contributed by atoms with Crippen molar-refractivity contribution in [2.45, 2.75) is 26.8 Å². The van der Waals surface area contributed by atoms with Crippen molar-refractivity contribution in [3.05, 3.63) is 34.3 Å². The molecule has 0 aromatic heterocycles. The maximum atomic E-state index is 12.0. The molecule has 4 nitrogen and oxygen atoms in total. The van der Waals surface area contributed by atoms with Crippen LogP contribution in [0.2, 0.25) is 0 Å². The van der Waals surface area contributed by atoms with Gasteiger partial charge in [0.05, 0.1) is 12.2 Å².